The van der Waals surface area contributed by atoms with Crippen molar-refractivity contribution in [2.24, 2.45) is 0 Å². The molecule has 1 aromatic heterocycles. The Kier molecular flexibility index (Phi) is 4.76. The summed E-state index contributed by atoms with van der Waals surface area (Å²) >= 11 is 10.8. The highest BCUT2D eigenvalue weighted by Gasteiger charge is 2.19. The van der Waals surface area contributed by atoms with E-state index in [0.717, 1.165) is 14.9 Å². The minimum atomic E-state index is -3.70. The van der Waals surface area contributed by atoms with Crippen LogP contribution in [0.4, 0.5) is 5.69 Å². The highest BCUT2D eigenvalue weighted by Crippen LogP contribution is 2.28. The van der Waals surface area contributed by atoms with Crippen LogP contribution in [-0.2, 0) is 16.6 Å². The largest absolute Gasteiger partial charge is 0.398 e. The van der Waals surface area contributed by atoms with Crippen molar-refractivity contribution >= 4 is 54.6 Å². The Morgan fingerprint density at radius 3 is 2.75 bits per heavy atom. The van der Waals surface area contributed by atoms with Crippen molar-refractivity contribution in [1.82, 2.24) is 4.72 Å². The van der Waals surface area contributed by atoms with Crippen molar-refractivity contribution in [1.29, 1.82) is 0 Å². The molecular weight excluding hydrogens is 384 g/mol. The molecule has 1 aromatic carbocycles. The van der Waals surface area contributed by atoms with Gasteiger partial charge in [0.05, 0.1) is 5.02 Å². The number of aryl methyl sites for hydroxylation is 1. The summed E-state index contributed by atoms with van der Waals surface area (Å²) in [7, 11) is -3.70. The smallest absolute Gasteiger partial charge is 0.242 e. The topological polar surface area (TPSA) is 72.2 Å². The lowest BCUT2D eigenvalue weighted by Crippen LogP contribution is -2.23. The van der Waals surface area contributed by atoms with E-state index in [9.17, 15) is 8.42 Å². The standard InChI is InChI=1S/C12H12BrClN2O2S2/c1-7-4-9(14)12(5-10(7)15)20(17,18)16-6-11-8(13)2-3-19-11/h2-5,16H,6,15H2,1H3. The van der Waals surface area contributed by atoms with Gasteiger partial charge < -0.3 is 5.73 Å². The number of thiophene rings is 1. The van der Waals surface area contributed by atoms with E-state index < -0.39 is 10.0 Å². The molecule has 0 amide bonds. The Hall–Kier alpha value is -0.600. The summed E-state index contributed by atoms with van der Waals surface area (Å²) in [5.74, 6) is 0. The summed E-state index contributed by atoms with van der Waals surface area (Å²) in [6.07, 6.45) is 0. The molecule has 108 valence electrons. The molecule has 4 nitrogen and oxygen atoms in total. The van der Waals surface area contributed by atoms with Crippen LogP contribution in [0.5, 0.6) is 0 Å². The second kappa shape index (κ2) is 6.03. The molecule has 8 heteroatoms. The van der Waals surface area contributed by atoms with Crippen LogP contribution in [0.2, 0.25) is 5.02 Å². The number of anilines is 1. The SMILES string of the molecule is Cc1cc(Cl)c(S(=O)(=O)NCc2sccc2Br)cc1N. The van der Waals surface area contributed by atoms with E-state index in [1.165, 1.54) is 17.4 Å². The lowest BCUT2D eigenvalue weighted by molar-refractivity contribution is 0.582. The predicted octanol–water partition coefficient (Wildman–Crippen LogP) is 3.53. The average molecular weight is 396 g/mol. The van der Waals surface area contributed by atoms with E-state index in [0.29, 0.717) is 5.69 Å². The molecule has 2 aromatic rings. The molecule has 0 bridgehead atoms. The molecule has 2 rings (SSSR count). The number of halogens is 2. The first kappa shape index (κ1) is 15.8. The predicted molar refractivity (Wildman–Crippen MR) is 86.6 cm³/mol. The molecule has 3 N–H and O–H groups in total. The first-order chi connectivity index (χ1) is 9.31. The van der Waals surface area contributed by atoms with Crippen LogP contribution in [0.25, 0.3) is 0 Å². The van der Waals surface area contributed by atoms with Crippen molar-refractivity contribution in [3.63, 3.8) is 0 Å². The fourth-order valence-electron chi connectivity index (χ4n) is 1.56. The number of benzene rings is 1. The van der Waals surface area contributed by atoms with Gasteiger partial charge in [0.1, 0.15) is 4.90 Å². The Labute approximate surface area is 135 Å². The quantitative estimate of drug-likeness (QED) is 0.778. The number of nitrogens with one attached hydrogen (secondary N) is 1. The first-order valence-electron chi connectivity index (χ1n) is 5.58. The third-order valence-corrected chi connectivity index (χ3v) is 6.52. The number of sulfonamides is 1. The summed E-state index contributed by atoms with van der Waals surface area (Å²) < 4.78 is 27.9. The van der Waals surface area contributed by atoms with E-state index in [4.69, 9.17) is 17.3 Å². The summed E-state index contributed by atoms with van der Waals surface area (Å²) in [5, 5.41) is 2.04. The third kappa shape index (κ3) is 3.35. The summed E-state index contributed by atoms with van der Waals surface area (Å²) in [5.41, 5.74) is 6.89. The van der Waals surface area contributed by atoms with Crippen LogP contribution in [0.1, 0.15) is 10.4 Å². The zero-order chi connectivity index (χ0) is 14.9. The molecule has 0 radical (unpaired) electrons. The summed E-state index contributed by atoms with van der Waals surface area (Å²) in [4.78, 5) is 0.889. The molecule has 0 aliphatic heterocycles. The van der Waals surface area contributed by atoms with E-state index in [2.05, 4.69) is 20.7 Å². The third-order valence-electron chi connectivity index (χ3n) is 2.72. The monoisotopic (exact) mass is 394 g/mol. The number of hydrogen-bond acceptors (Lipinski definition) is 4. The van der Waals surface area contributed by atoms with Crippen molar-refractivity contribution in [2.45, 2.75) is 18.4 Å². The van der Waals surface area contributed by atoms with Crippen LogP contribution < -0.4 is 10.5 Å². The maximum Gasteiger partial charge on any atom is 0.242 e. The van der Waals surface area contributed by atoms with Gasteiger partial charge in [-0.15, -0.1) is 11.3 Å². The molecule has 0 unspecified atom stereocenters. The summed E-state index contributed by atoms with van der Waals surface area (Å²) in [6, 6.07) is 4.79. The second-order valence-electron chi connectivity index (χ2n) is 4.16. The zero-order valence-corrected chi connectivity index (χ0v) is 14.5. The van der Waals surface area contributed by atoms with Gasteiger partial charge in [-0.2, -0.15) is 0 Å². The number of nitrogen functional groups attached to an aromatic ring is 1. The molecule has 0 aliphatic carbocycles. The Morgan fingerprint density at radius 2 is 2.15 bits per heavy atom. The van der Waals surface area contributed by atoms with Crippen molar-refractivity contribution in [3.8, 4) is 0 Å². The van der Waals surface area contributed by atoms with Crippen LogP contribution in [-0.4, -0.2) is 8.42 Å². The highest BCUT2D eigenvalue weighted by atomic mass is 79.9. The summed E-state index contributed by atoms with van der Waals surface area (Å²) in [6.45, 7) is 1.97. The van der Waals surface area contributed by atoms with Crippen LogP contribution in [0, 0.1) is 6.92 Å². The minimum Gasteiger partial charge on any atom is -0.398 e. The van der Waals surface area contributed by atoms with Crippen molar-refractivity contribution in [2.75, 3.05) is 5.73 Å². The zero-order valence-electron chi connectivity index (χ0n) is 10.5. The van der Waals surface area contributed by atoms with Crippen LogP contribution >= 0.6 is 38.9 Å². The normalized spacial score (nSPS) is 11.8. The number of nitrogens with two attached hydrogens (primary N) is 1. The Balaban J connectivity index is 2.27. The average Bonchev–Trinajstić information content (AvgIpc) is 2.77. The van der Waals surface area contributed by atoms with Gasteiger partial charge in [0.2, 0.25) is 10.0 Å². The number of hydrogen-bond donors (Lipinski definition) is 2. The molecule has 20 heavy (non-hydrogen) atoms. The highest BCUT2D eigenvalue weighted by molar-refractivity contribution is 9.10. The van der Waals surface area contributed by atoms with E-state index >= 15 is 0 Å². The van der Waals surface area contributed by atoms with Gasteiger partial charge >= 0.3 is 0 Å². The number of rotatable bonds is 4. The van der Waals surface area contributed by atoms with Crippen molar-refractivity contribution < 1.29 is 8.42 Å². The molecule has 0 saturated carbocycles. The Morgan fingerprint density at radius 1 is 1.45 bits per heavy atom. The second-order valence-corrected chi connectivity index (χ2v) is 8.15. The minimum absolute atomic E-state index is 0.00468. The van der Waals surface area contributed by atoms with Gasteiger partial charge in [0.15, 0.2) is 0 Å². The van der Waals surface area contributed by atoms with E-state index in [1.54, 1.807) is 13.0 Å². The molecule has 0 fully saturated rings. The first-order valence-corrected chi connectivity index (χ1v) is 9.12. The van der Waals surface area contributed by atoms with E-state index in [-0.39, 0.29) is 16.5 Å². The van der Waals surface area contributed by atoms with Gasteiger partial charge in [0.25, 0.3) is 0 Å². The molecular formula is C12H12BrClN2O2S2. The fourth-order valence-corrected chi connectivity index (χ4v) is 4.70. The molecule has 0 aliphatic rings. The van der Waals surface area contributed by atoms with Gasteiger partial charge in [-0.05, 0) is 52.0 Å². The van der Waals surface area contributed by atoms with Gasteiger partial charge in [-0.1, -0.05) is 11.6 Å². The maximum absolute atomic E-state index is 12.3. The van der Waals surface area contributed by atoms with Crippen LogP contribution in [0.3, 0.4) is 0 Å². The fraction of sp³-hybridized carbons (Fsp3) is 0.167. The molecule has 0 spiro atoms. The van der Waals surface area contributed by atoms with E-state index in [1.807, 2.05) is 11.4 Å². The van der Waals surface area contributed by atoms with Crippen molar-refractivity contribution in [3.05, 3.63) is 43.5 Å². The van der Waals surface area contributed by atoms with Gasteiger partial charge in [-0.25, -0.2) is 13.1 Å². The molecule has 1 heterocycles. The van der Waals surface area contributed by atoms with Gasteiger partial charge in [0, 0.05) is 21.6 Å². The Bertz CT molecular complexity index is 744. The lowest BCUT2D eigenvalue weighted by Gasteiger charge is -2.10. The maximum atomic E-state index is 12.3. The lowest BCUT2D eigenvalue weighted by atomic mass is 10.2. The van der Waals surface area contributed by atoms with Crippen LogP contribution in [0.15, 0.2) is 32.9 Å². The van der Waals surface area contributed by atoms with Gasteiger partial charge in [-0.3, -0.25) is 0 Å². The molecule has 0 saturated heterocycles. The molecule has 0 atom stereocenters.